The summed E-state index contributed by atoms with van der Waals surface area (Å²) in [7, 11) is -0.922. The van der Waals surface area contributed by atoms with Crippen LogP contribution < -0.4 is 9.04 Å². The molecule has 5 heterocycles. The SMILES string of the molecule is COc1ncccc1C1(OC(=O)N2CCN(C3CCN(C)CC3)CC2)C(=O)N(S(=O)(=O)c2cc(C)sc2C)c2ccc(Cl)cc21. The average molecular weight is 674 g/mol. The summed E-state index contributed by atoms with van der Waals surface area (Å²) in [4.78, 5) is 40.8. The smallest absolute Gasteiger partial charge is 0.411 e. The molecule has 1 atom stereocenters. The number of amides is 2. The summed E-state index contributed by atoms with van der Waals surface area (Å²) in [6.07, 6.45) is 2.88. The van der Waals surface area contributed by atoms with Gasteiger partial charge in [0.05, 0.1) is 18.4 Å². The van der Waals surface area contributed by atoms with Crippen molar-refractivity contribution in [3.05, 3.63) is 68.5 Å². The molecule has 2 saturated heterocycles. The fourth-order valence-corrected chi connectivity index (χ4v) is 9.75. The number of thiophene rings is 1. The van der Waals surface area contributed by atoms with E-state index in [0.717, 1.165) is 35.1 Å². The number of rotatable bonds is 6. The lowest BCUT2D eigenvalue weighted by Crippen LogP contribution is -2.55. The normalized spacial score (nSPS) is 21.7. The van der Waals surface area contributed by atoms with E-state index < -0.39 is 27.6 Å². The van der Waals surface area contributed by atoms with Gasteiger partial charge in [0.2, 0.25) is 5.88 Å². The maximum absolute atomic E-state index is 14.8. The van der Waals surface area contributed by atoms with E-state index in [1.807, 2.05) is 0 Å². The molecule has 2 amide bonds. The monoisotopic (exact) mass is 673 g/mol. The highest BCUT2D eigenvalue weighted by Gasteiger charge is 2.61. The average Bonchev–Trinajstić information content (AvgIpc) is 3.50. The third kappa shape index (κ3) is 5.48. The molecule has 45 heavy (non-hydrogen) atoms. The number of aryl methyl sites for hydroxylation is 2. The number of anilines is 1. The third-order valence-electron chi connectivity index (χ3n) is 8.92. The maximum atomic E-state index is 14.8. The van der Waals surface area contributed by atoms with Gasteiger partial charge in [-0.05, 0) is 83.2 Å². The Balaban J connectivity index is 1.41. The van der Waals surface area contributed by atoms with Crippen LogP contribution in [0.4, 0.5) is 10.5 Å². The number of hydrogen-bond acceptors (Lipinski definition) is 10. The first-order valence-electron chi connectivity index (χ1n) is 14.8. The van der Waals surface area contributed by atoms with Gasteiger partial charge in [-0.15, -0.1) is 11.3 Å². The highest BCUT2D eigenvalue weighted by atomic mass is 35.5. The van der Waals surface area contributed by atoms with Crippen LogP contribution in [0.1, 0.15) is 33.7 Å². The number of carbonyl (C=O) groups excluding carboxylic acids is 2. The van der Waals surface area contributed by atoms with Crippen LogP contribution in [0.15, 0.2) is 47.5 Å². The van der Waals surface area contributed by atoms with E-state index in [0.29, 0.717) is 37.1 Å². The van der Waals surface area contributed by atoms with Crippen molar-refractivity contribution in [1.29, 1.82) is 0 Å². The fraction of sp³-hybridized carbons (Fsp3) is 0.452. The van der Waals surface area contributed by atoms with Crippen molar-refractivity contribution < 1.29 is 27.5 Å². The van der Waals surface area contributed by atoms with E-state index in [-0.39, 0.29) is 32.6 Å². The van der Waals surface area contributed by atoms with Gasteiger partial charge in [-0.1, -0.05) is 11.6 Å². The van der Waals surface area contributed by atoms with Crippen LogP contribution in [0.2, 0.25) is 5.02 Å². The Morgan fingerprint density at radius 2 is 1.76 bits per heavy atom. The Labute approximate surface area is 272 Å². The highest BCUT2D eigenvalue weighted by molar-refractivity contribution is 7.93. The molecule has 6 rings (SSSR count). The van der Waals surface area contributed by atoms with E-state index in [1.54, 1.807) is 36.9 Å². The summed E-state index contributed by atoms with van der Waals surface area (Å²) >= 11 is 7.78. The lowest BCUT2D eigenvalue weighted by atomic mass is 9.87. The first-order valence-corrected chi connectivity index (χ1v) is 17.5. The maximum Gasteiger partial charge on any atom is 0.411 e. The molecule has 2 aromatic heterocycles. The summed E-state index contributed by atoms with van der Waals surface area (Å²) in [6.45, 7) is 7.70. The lowest BCUT2D eigenvalue weighted by molar-refractivity contribution is -0.132. The number of halogens is 1. The van der Waals surface area contributed by atoms with Gasteiger partial charge < -0.3 is 19.3 Å². The molecule has 3 aliphatic heterocycles. The molecule has 0 radical (unpaired) electrons. The van der Waals surface area contributed by atoms with Gasteiger partial charge in [0, 0.05) is 58.8 Å². The minimum Gasteiger partial charge on any atom is -0.481 e. The molecule has 14 heteroatoms. The molecule has 1 unspecified atom stereocenters. The van der Waals surface area contributed by atoms with Gasteiger partial charge in [0.25, 0.3) is 21.5 Å². The zero-order valence-electron chi connectivity index (χ0n) is 25.7. The molecule has 3 aliphatic rings. The Morgan fingerprint density at radius 3 is 2.40 bits per heavy atom. The minimum absolute atomic E-state index is 0.00422. The molecule has 1 aromatic carbocycles. The van der Waals surface area contributed by atoms with Crippen molar-refractivity contribution in [3.63, 3.8) is 0 Å². The van der Waals surface area contributed by atoms with Crippen LogP contribution >= 0.6 is 22.9 Å². The Hall–Kier alpha value is -3.23. The molecule has 2 fully saturated rings. The molecule has 3 aromatic rings. The van der Waals surface area contributed by atoms with Crippen LogP contribution in [0.5, 0.6) is 5.88 Å². The standard InChI is InChI=1S/C31H36ClN5O6S2/c1-20-18-27(21(2)44-20)45(40,41)37-26-8-7-22(32)19-25(26)31(29(37)38,24-6-5-11-33-28(24)42-4)43-30(39)36-16-14-35(15-17-36)23-9-12-34(3)13-10-23/h5-8,11,18-19,23H,9-10,12-17H2,1-4H3. The topological polar surface area (TPSA) is 113 Å². The summed E-state index contributed by atoms with van der Waals surface area (Å²) in [5, 5.41) is 0.235. The second-order valence-electron chi connectivity index (χ2n) is 11.7. The van der Waals surface area contributed by atoms with Crippen LogP contribution in [0.3, 0.4) is 0 Å². The molecule has 0 saturated carbocycles. The largest absolute Gasteiger partial charge is 0.481 e. The number of methoxy groups -OCH3 is 1. The molecule has 0 N–H and O–H groups in total. The van der Waals surface area contributed by atoms with E-state index in [9.17, 15) is 18.0 Å². The van der Waals surface area contributed by atoms with Crippen molar-refractivity contribution in [2.45, 2.75) is 43.2 Å². The molecule has 0 spiro atoms. The van der Waals surface area contributed by atoms with Crippen molar-refractivity contribution >= 4 is 50.6 Å². The number of piperazine rings is 1. The molecule has 0 bridgehead atoms. The Kier molecular flexibility index (Phi) is 8.59. The summed E-state index contributed by atoms with van der Waals surface area (Å²) in [5.74, 6) is -0.967. The summed E-state index contributed by atoms with van der Waals surface area (Å²) < 4.78 is 41.1. The number of nitrogens with zero attached hydrogens (tertiary/aromatic N) is 5. The Morgan fingerprint density at radius 1 is 1.04 bits per heavy atom. The van der Waals surface area contributed by atoms with Crippen molar-refractivity contribution in [2.75, 3.05) is 57.7 Å². The molecular weight excluding hydrogens is 638 g/mol. The minimum atomic E-state index is -4.43. The van der Waals surface area contributed by atoms with Gasteiger partial charge >= 0.3 is 6.09 Å². The van der Waals surface area contributed by atoms with Gasteiger partial charge in [-0.3, -0.25) is 9.69 Å². The summed E-state index contributed by atoms with van der Waals surface area (Å²) in [5.41, 5.74) is -2.00. The fourth-order valence-electron chi connectivity index (χ4n) is 6.60. The van der Waals surface area contributed by atoms with Gasteiger partial charge in [0.15, 0.2) is 0 Å². The first-order chi connectivity index (χ1) is 21.5. The second kappa shape index (κ2) is 12.2. The number of ether oxygens (including phenoxy) is 2. The van der Waals surface area contributed by atoms with Crippen LogP contribution in [-0.4, -0.2) is 99.6 Å². The number of piperidine rings is 1. The first kappa shape index (κ1) is 31.7. The van der Waals surface area contributed by atoms with E-state index in [2.05, 4.69) is 21.8 Å². The van der Waals surface area contributed by atoms with Crippen molar-refractivity contribution in [3.8, 4) is 5.88 Å². The molecule has 0 aliphatic carbocycles. The third-order valence-corrected chi connectivity index (χ3v) is 12.1. The van der Waals surface area contributed by atoms with Gasteiger partial charge in [-0.25, -0.2) is 18.2 Å². The number of benzene rings is 1. The highest BCUT2D eigenvalue weighted by Crippen LogP contribution is 2.52. The van der Waals surface area contributed by atoms with Crippen LogP contribution in [0.25, 0.3) is 0 Å². The number of carbonyl (C=O) groups is 2. The number of sulfonamides is 1. The van der Waals surface area contributed by atoms with Gasteiger partial charge in [0.1, 0.15) is 4.90 Å². The predicted molar refractivity (Wildman–Crippen MR) is 172 cm³/mol. The van der Waals surface area contributed by atoms with Crippen molar-refractivity contribution in [2.24, 2.45) is 0 Å². The van der Waals surface area contributed by atoms with Crippen molar-refractivity contribution in [1.82, 2.24) is 19.7 Å². The zero-order valence-corrected chi connectivity index (χ0v) is 28.0. The van der Waals surface area contributed by atoms with Crippen LogP contribution in [-0.2, 0) is 25.2 Å². The predicted octanol–water partition coefficient (Wildman–Crippen LogP) is 4.25. The number of likely N-dealkylation sites (tertiary alicyclic amines) is 1. The van der Waals surface area contributed by atoms with E-state index >= 15 is 0 Å². The van der Waals surface area contributed by atoms with Crippen LogP contribution in [0, 0.1) is 13.8 Å². The van der Waals surface area contributed by atoms with E-state index in [1.165, 1.54) is 42.8 Å². The number of hydrogen-bond donors (Lipinski definition) is 0. The molecular formula is C31H36ClN5O6S2. The zero-order chi connectivity index (χ0) is 32.1. The second-order valence-corrected chi connectivity index (χ2v) is 15.3. The summed E-state index contributed by atoms with van der Waals surface area (Å²) in [6, 6.07) is 9.55. The molecule has 11 nitrogen and oxygen atoms in total. The van der Waals surface area contributed by atoms with Gasteiger partial charge in [-0.2, -0.15) is 4.31 Å². The quantitative estimate of drug-likeness (QED) is 0.379. The lowest BCUT2D eigenvalue weighted by Gasteiger charge is -2.42. The Bertz CT molecular complexity index is 1730. The number of fused-ring (bicyclic) bond motifs is 1. The molecule has 240 valence electrons. The number of pyridine rings is 1. The number of aromatic nitrogens is 1. The van der Waals surface area contributed by atoms with E-state index in [4.69, 9.17) is 21.1 Å².